The van der Waals surface area contributed by atoms with Gasteiger partial charge in [0.05, 0.1) is 6.26 Å². The van der Waals surface area contributed by atoms with E-state index in [1.165, 1.54) is 42.7 Å². The van der Waals surface area contributed by atoms with Crippen molar-refractivity contribution in [1.29, 1.82) is 0 Å². The zero-order valence-corrected chi connectivity index (χ0v) is 16.1. The van der Waals surface area contributed by atoms with Gasteiger partial charge in [0.15, 0.2) is 23.4 Å². The number of benzene rings is 3. The molecule has 6 N–H and O–H groups in total. The van der Waals surface area contributed by atoms with E-state index >= 15 is 0 Å². The van der Waals surface area contributed by atoms with Gasteiger partial charge in [-0.1, -0.05) is 12.1 Å². The fraction of sp³-hybridized carbons (Fsp3) is 0.130. The summed E-state index contributed by atoms with van der Waals surface area (Å²) in [5.74, 6) is -1.67. The maximum Gasteiger partial charge on any atom is 0.200 e. The Labute approximate surface area is 177 Å². The Morgan fingerprint density at radius 1 is 0.806 bits per heavy atom. The monoisotopic (exact) mass is 424 g/mol. The van der Waals surface area contributed by atoms with Gasteiger partial charge in [-0.05, 0) is 35.9 Å². The van der Waals surface area contributed by atoms with Crippen LogP contribution >= 0.6 is 0 Å². The van der Waals surface area contributed by atoms with Gasteiger partial charge in [-0.15, -0.1) is 0 Å². The van der Waals surface area contributed by atoms with Gasteiger partial charge in [0, 0.05) is 29.7 Å². The molecule has 3 aromatic rings. The number of fused-ring (bicyclic) bond motifs is 1. The predicted octanol–water partition coefficient (Wildman–Crippen LogP) is 3.65. The Morgan fingerprint density at radius 3 is 2.16 bits per heavy atom. The number of hydrogen-bond acceptors (Lipinski definition) is 8. The molecule has 0 saturated heterocycles. The molecule has 0 aromatic heterocycles. The summed E-state index contributed by atoms with van der Waals surface area (Å²) in [7, 11) is 0. The molecule has 2 atom stereocenters. The van der Waals surface area contributed by atoms with Crippen LogP contribution in [0.3, 0.4) is 0 Å². The molecule has 0 spiro atoms. The molecule has 0 radical (unpaired) electrons. The van der Waals surface area contributed by atoms with Crippen LogP contribution in [0.4, 0.5) is 0 Å². The number of aromatic hydroxyl groups is 6. The molecule has 8 nitrogen and oxygen atoms in total. The molecule has 0 amide bonds. The molecule has 0 bridgehead atoms. The molecule has 3 aromatic carbocycles. The van der Waals surface area contributed by atoms with Gasteiger partial charge in [0.25, 0.3) is 0 Å². The van der Waals surface area contributed by atoms with Crippen molar-refractivity contribution in [2.45, 2.75) is 18.6 Å². The highest BCUT2D eigenvalue weighted by Crippen LogP contribution is 2.45. The van der Waals surface area contributed by atoms with E-state index < -0.39 is 29.5 Å². The number of ether oxygens (including phenoxy) is 2. The van der Waals surface area contributed by atoms with Crippen LogP contribution in [-0.4, -0.2) is 36.7 Å². The van der Waals surface area contributed by atoms with Crippen LogP contribution in [0.15, 0.2) is 54.8 Å². The van der Waals surface area contributed by atoms with Gasteiger partial charge in [0.2, 0.25) is 0 Å². The minimum absolute atomic E-state index is 0.140. The lowest BCUT2D eigenvalue weighted by molar-refractivity contribution is 0.00935. The lowest BCUT2D eigenvalue weighted by Gasteiger charge is -2.33. The Balaban J connectivity index is 1.67. The van der Waals surface area contributed by atoms with Crippen LogP contribution in [0.2, 0.25) is 0 Å². The molecule has 0 unspecified atom stereocenters. The second-order valence-electron chi connectivity index (χ2n) is 7.16. The Kier molecular flexibility index (Phi) is 5.12. The molecular weight excluding hydrogens is 404 g/mol. The molecule has 1 aliphatic rings. The van der Waals surface area contributed by atoms with Gasteiger partial charge in [-0.25, -0.2) is 0 Å². The van der Waals surface area contributed by atoms with Crippen molar-refractivity contribution < 1.29 is 40.1 Å². The first-order valence-corrected chi connectivity index (χ1v) is 9.39. The Bertz CT molecular complexity index is 1110. The molecule has 1 aliphatic heterocycles. The van der Waals surface area contributed by atoms with Crippen LogP contribution in [0.25, 0.3) is 6.08 Å². The fourth-order valence-electron chi connectivity index (χ4n) is 3.44. The maximum absolute atomic E-state index is 10.2. The van der Waals surface area contributed by atoms with Crippen LogP contribution in [0.5, 0.6) is 40.2 Å². The average Bonchev–Trinajstić information content (AvgIpc) is 2.73. The molecule has 0 saturated carbocycles. The van der Waals surface area contributed by atoms with Crippen LogP contribution in [0.1, 0.15) is 22.8 Å². The third kappa shape index (κ3) is 4.09. The fourth-order valence-corrected chi connectivity index (χ4v) is 3.44. The van der Waals surface area contributed by atoms with Crippen molar-refractivity contribution in [2.24, 2.45) is 0 Å². The second-order valence-corrected chi connectivity index (χ2v) is 7.16. The minimum Gasteiger partial charge on any atom is -0.508 e. The van der Waals surface area contributed by atoms with Crippen molar-refractivity contribution in [1.82, 2.24) is 0 Å². The van der Waals surface area contributed by atoms with Crippen molar-refractivity contribution in [3.63, 3.8) is 0 Å². The van der Waals surface area contributed by atoms with Crippen molar-refractivity contribution in [3.8, 4) is 40.2 Å². The largest absolute Gasteiger partial charge is 0.508 e. The van der Waals surface area contributed by atoms with Crippen molar-refractivity contribution in [3.05, 3.63) is 71.5 Å². The summed E-state index contributed by atoms with van der Waals surface area (Å²) in [5, 5.41) is 58.8. The summed E-state index contributed by atoms with van der Waals surface area (Å²) >= 11 is 0. The highest BCUT2D eigenvalue weighted by atomic mass is 16.5. The first-order chi connectivity index (χ1) is 14.8. The lowest BCUT2D eigenvalue weighted by Crippen LogP contribution is -2.31. The lowest BCUT2D eigenvalue weighted by atomic mass is 9.93. The summed E-state index contributed by atoms with van der Waals surface area (Å²) in [6.45, 7) is 0. The first kappa shape index (κ1) is 20.1. The molecule has 160 valence electrons. The van der Waals surface area contributed by atoms with E-state index in [0.29, 0.717) is 11.1 Å². The van der Waals surface area contributed by atoms with E-state index in [1.54, 1.807) is 18.2 Å². The zero-order valence-electron chi connectivity index (χ0n) is 16.1. The number of rotatable bonds is 4. The SMILES string of the molecule is Oc1ccc(/C=C/O[C@@H]2Cc3c(O)cc(O)cc3O[C@@H]2c2cc(O)c(O)c(O)c2)cc1. The summed E-state index contributed by atoms with van der Waals surface area (Å²) in [6.07, 6.45) is 1.80. The molecule has 1 heterocycles. The van der Waals surface area contributed by atoms with Gasteiger partial charge in [0.1, 0.15) is 29.1 Å². The van der Waals surface area contributed by atoms with Gasteiger partial charge >= 0.3 is 0 Å². The maximum atomic E-state index is 10.2. The van der Waals surface area contributed by atoms with E-state index in [2.05, 4.69) is 0 Å². The molecule has 31 heavy (non-hydrogen) atoms. The van der Waals surface area contributed by atoms with Gasteiger partial charge in [-0.3, -0.25) is 0 Å². The molecule has 0 aliphatic carbocycles. The molecule has 8 heteroatoms. The topological polar surface area (TPSA) is 140 Å². The van der Waals surface area contributed by atoms with E-state index in [0.717, 1.165) is 5.56 Å². The minimum atomic E-state index is -0.837. The number of hydrogen-bond donors (Lipinski definition) is 6. The third-order valence-electron chi connectivity index (χ3n) is 4.99. The quantitative estimate of drug-likeness (QED) is 0.276. The third-order valence-corrected chi connectivity index (χ3v) is 4.99. The smallest absolute Gasteiger partial charge is 0.200 e. The van der Waals surface area contributed by atoms with E-state index in [9.17, 15) is 30.6 Å². The molecule has 0 fully saturated rings. The Hall–Kier alpha value is -4.20. The number of phenolic OH excluding ortho intramolecular Hbond substituents is 6. The summed E-state index contributed by atoms with van der Waals surface area (Å²) in [5.41, 5.74) is 1.53. The van der Waals surface area contributed by atoms with Gasteiger partial charge < -0.3 is 40.1 Å². The average molecular weight is 424 g/mol. The van der Waals surface area contributed by atoms with Crippen molar-refractivity contribution >= 4 is 6.08 Å². The second kappa shape index (κ2) is 7.91. The van der Waals surface area contributed by atoms with Crippen LogP contribution < -0.4 is 4.74 Å². The molecule has 4 rings (SSSR count). The molecular formula is C23H20O8. The zero-order chi connectivity index (χ0) is 22.1. The number of phenols is 6. The van der Waals surface area contributed by atoms with Gasteiger partial charge in [-0.2, -0.15) is 0 Å². The van der Waals surface area contributed by atoms with E-state index in [4.69, 9.17) is 9.47 Å². The highest BCUT2D eigenvalue weighted by Gasteiger charge is 2.35. The standard InChI is InChI=1S/C23H20O8/c24-14-3-1-12(2-4-14)5-6-30-21-11-16-17(26)9-15(25)10-20(16)31-23(21)13-7-18(27)22(29)19(28)8-13/h1-10,21,23-29H,11H2/b6-5+/t21-,23-/m1/s1. The predicted molar refractivity (Wildman–Crippen MR) is 110 cm³/mol. The normalized spacial score (nSPS) is 17.8. The van der Waals surface area contributed by atoms with Crippen LogP contribution in [0, 0.1) is 0 Å². The van der Waals surface area contributed by atoms with Crippen LogP contribution in [-0.2, 0) is 11.2 Å². The first-order valence-electron chi connectivity index (χ1n) is 9.39. The Morgan fingerprint density at radius 2 is 1.48 bits per heavy atom. The van der Waals surface area contributed by atoms with E-state index in [1.807, 2.05) is 0 Å². The summed E-state index contributed by atoms with van der Waals surface area (Å²) < 4.78 is 11.8. The summed E-state index contributed by atoms with van der Waals surface area (Å²) in [6, 6.07) is 11.5. The van der Waals surface area contributed by atoms with E-state index in [-0.39, 0.29) is 29.4 Å². The highest BCUT2D eigenvalue weighted by molar-refractivity contribution is 5.55. The summed E-state index contributed by atoms with van der Waals surface area (Å²) in [4.78, 5) is 0. The van der Waals surface area contributed by atoms with Crippen molar-refractivity contribution in [2.75, 3.05) is 0 Å².